The molecule has 6 aromatic heterocycles. The maximum atomic E-state index is 12.7. The number of aromatic nitrogens is 6. The van der Waals surface area contributed by atoms with E-state index < -0.39 is 5.97 Å². The summed E-state index contributed by atoms with van der Waals surface area (Å²) in [5.41, 5.74) is 15.3. The summed E-state index contributed by atoms with van der Waals surface area (Å²) in [4.78, 5) is 88.3. The molecule has 0 unspecified atom stereocenters. The number of imidazole rings is 3. The molecular formula is C63H62Cl3N10NaO10S3. The molecule has 8 heterocycles. The predicted molar refractivity (Wildman–Crippen MR) is 354 cm³/mol. The number of hydrogen-bond donors (Lipinski definition) is 7. The van der Waals surface area contributed by atoms with Gasteiger partial charge in [0.1, 0.15) is 24.1 Å². The summed E-state index contributed by atoms with van der Waals surface area (Å²) in [5.74, 6) is 0.942. The van der Waals surface area contributed by atoms with Gasteiger partial charge in [0, 0.05) is 56.6 Å². The van der Waals surface area contributed by atoms with Crippen molar-refractivity contribution >= 4 is 143 Å². The summed E-state index contributed by atoms with van der Waals surface area (Å²) >= 11 is 22.2. The Balaban J connectivity index is 0.000000195. The number of morpholine rings is 1. The number of carbonyl (C=O) groups excluding carboxylic acids is 4. The Morgan fingerprint density at radius 1 is 0.622 bits per heavy atom. The summed E-state index contributed by atoms with van der Waals surface area (Å²) in [7, 11) is 1.00. The molecule has 0 bridgehead atoms. The number of esters is 1. The van der Waals surface area contributed by atoms with Crippen LogP contribution in [0.1, 0.15) is 75.8 Å². The van der Waals surface area contributed by atoms with Crippen molar-refractivity contribution in [2.45, 2.75) is 46.7 Å². The van der Waals surface area contributed by atoms with Gasteiger partial charge in [-0.1, -0.05) is 66.5 Å². The van der Waals surface area contributed by atoms with Crippen molar-refractivity contribution in [1.82, 2.24) is 35.2 Å². The van der Waals surface area contributed by atoms with E-state index in [2.05, 4.69) is 35.2 Å². The van der Waals surface area contributed by atoms with Gasteiger partial charge in [-0.15, -0.1) is 34.0 Å². The Hall–Kier alpha value is -7.33. The normalized spacial score (nSPS) is 12.5. The van der Waals surface area contributed by atoms with E-state index in [-0.39, 0.29) is 78.3 Å². The van der Waals surface area contributed by atoms with Gasteiger partial charge in [0.2, 0.25) is 5.91 Å². The van der Waals surface area contributed by atoms with Crippen LogP contribution < -0.4 is 50.4 Å². The number of benzene rings is 5. The first-order valence-corrected chi connectivity index (χ1v) is 30.7. The number of amides is 3. The van der Waals surface area contributed by atoms with E-state index in [0.717, 1.165) is 103 Å². The molecule has 13 rings (SSSR count). The Labute approximate surface area is 567 Å². The maximum absolute atomic E-state index is 12.7. The van der Waals surface area contributed by atoms with E-state index in [9.17, 15) is 24.0 Å². The molecule has 0 spiro atoms. The topological polar surface area (TPSA) is 305 Å². The standard InChI is InChI=1S/C24H21ClN4O2S.C14H11ClN2O2S.C12H7ClN2O2S.C11H14N2O2.CH4O.CH4.Na.H2O/c25-21-11-10-20(32-21)23-27-18-9-6-16(13-19(18)28-23)24(31)26-14-15-4-7-17(8-5-15)29-12-2-1-3-22(29)30;1-2-19-14(18)8-3-4-9-10(7-8)17-13(16-9)11-5-6-12(15)20-11;13-10-4-3-9(18-10)11-14-7-2-1-6(12(16)17)5-8(7)15-11;12-7-9-1-3-10(4-2-9)13-5-6-15-8-11(13)14;1-2;;;/h4-11,13H,1-3,12,14H2,(H,26,31)(H,27,28);3-7H,2H2,1H3,(H,16,17);1-5H,(H,14,15)(H,16,17);1-4H,5-8,12H2;2H,1H3;1H4;;1H2/q;;;;;;+1;/p-1. The molecule has 2 fully saturated rings. The molecule has 0 radical (unpaired) electrons. The number of halogens is 3. The van der Waals surface area contributed by atoms with Crippen LogP contribution in [0.2, 0.25) is 13.0 Å². The van der Waals surface area contributed by atoms with Crippen molar-refractivity contribution in [1.29, 1.82) is 0 Å². The molecule has 11 aromatic rings. The van der Waals surface area contributed by atoms with E-state index >= 15 is 0 Å². The summed E-state index contributed by atoms with van der Waals surface area (Å²) in [5, 5.41) is 18.9. The zero-order chi connectivity index (χ0) is 61.6. The number of carbonyl (C=O) groups is 5. The number of nitrogens with zero attached hydrogens (tertiary/aromatic N) is 5. The number of fused-ring (bicyclic) bond motifs is 3. The van der Waals surface area contributed by atoms with Crippen molar-refractivity contribution in [2.24, 2.45) is 5.73 Å². The summed E-state index contributed by atoms with van der Waals surface area (Å²) in [6.45, 7) is 5.25. The molecule has 2 aliphatic rings. The molecule has 464 valence electrons. The van der Waals surface area contributed by atoms with Crippen LogP contribution in [0, 0.1) is 0 Å². The van der Waals surface area contributed by atoms with Crippen LogP contribution >= 0.6 is 68.8 Å². The first-order valence-electron chi connectivity index (χ1n) is 27.1. The average Bonchev–Trinajstić information content (AvgIpc) is 2.37. The summed E-state index contributed by atoms with van der Waals surface area (Å²) in [6, 6.07) is 42.2. The van der Waals surface area contributed by atoms with Crippen LogP contribution in [0.25, 0.3) is 65.2 Å². The molecule has 5 aromatic carbocycles. The van der Waals surface area contributed by atoms with E-state index in [1.54, 1.807) is 60.4 Å². The number of piperidine rings is 1. The van der Waals surface area contributed by atoms with Gasteiger partial charge in [-0.3, -0.25) is 14.4 Å². The summed E-state index contributed by atoms with van der Waals surface area (Å²) in [6.07, 6.45) is 2.61. The fraction of sp³-hybridized carbons (Fsp3) is 0.206. The minimum atomic E-state index is -0.952. The summed E-state index contributed by atoms with van der Waals surface area (Å²) < 4.78 is 12.2. The number of carboxylic acids is 1. The number of nitrogens with two attached hydrogens (primary N) is 1. The number of carboxylic acid groups (broad SMARTS) is 1. The monoisotopic (exact) mass is 1340 g/mol. The van der Waals surface area contributed by atoms with Crippen molar-refractivity contribution in [3.8, 4) is 32.1 Å². The number of thiophene rings is 3. The van der Waals surface area contributed by atoms with Crippen LogP contribution in [0.15, 0.2) is 140 Å². The van der Waals surface area contributed by atoms with Crippen LogP contribution in [-0.2, 0) is 32.2 Å². The van der Waals surface area contributed by atoms with Gasteiger partial charge in [0.25, 0.3) is 11.8 Å². The number of aliphatic hydroxyl groups excluding tert-OH is 1. The molecule has 27 heteroatoms. The van der Waals surface area contributed by atoms with Crippen LogP contribution in [0.3, 0.4) is 0 Å². The number of aromatic amines is 3. The van der Waals surface area contributed by atoms with Gasteiger partial charge in [-0.25, -0.2) is 24.5 Å². The third kappa shape index (κ3) is 18.4. The number of nitrogens with one attached hydrogen (secondary N) is 4. The van der Waals surface area contributed by atoms with Crippen molar-refractivity contribution in [2.75, 3.05) is 49.8 Å². The quantitative estimate of drug-likeness (QED) is 0.0442. The molecule has 2 saturated heterocycles. The number of aliphatic hydroxyl groups is 1. The molecule has 3 amide bonds. The van der Waals surface area contributed by atoms with E-state index in [4.69, 9.17) is 60.2 Å². The zero-order valence-corrected chi connectivity index (χ0v) is 54.9. The fourth-order valence-corrected chi connectivity index (χ4v) is 12.0. The number of H-pyrrole nitrogens is 3. The Morgan fingerprint density at radius 2 is 1.07 bits per heavy atom. The second kappa shape index (κ2) is 34.2. The molecular weight excluding hydrogens is 1280 g/mol. The number of rotatable bonds is 12. The second-order valence-corrected chi connectivity index (χ2v) is 24.3. The maximum Gasteiger partial charge on any atom is 1.00 e. The van der Waals surface area contributed by atoms with Gasteiger partial charge in [-0.05, 0) is 146 Å². The average molecular weight is 1340 g/mol. The van der Waals surface area contributed by atoms with Crippen LogP contribution in [-0.4, -0.2) is 115 Å². The molecule has 0 aliphatic carbocycles. The number of aromatic carboxylic acids is 1. The first kappa shape index (κ1) is 71.7. The third-order valence-corrected chi connectivity index (χ3v) is 17.1. The Kier molecular flexibility index (Phi) is 27.3. The molecule has 20 nitrogen and oxygen atoms in total. The molecule has 0 saturated carbocycles. The first-order chi connectivity index (χ1) is 42.2. The largest absolute Gasteiger partial charge is 1.00 e. The molecule has 90 heavy (non-hydrogen) atoms. The van der Waals surface area contributed by atoms with Crippen LogP contribution in [0.4, 0.5) is 11.4 Å². The van der Waals surface area contributed by atoms with Crippen molar-refractivity contribution in [3.05, 3.63) is 180 Å². The Morgan fingerprint density at radius 3 is 1.50 bits per heavy atom. The van der Waals surface area contributed by atoms with Gasteiger partial charge in [0.15, 0.2) is 0 Å². The van der Waals surface area contributed by atoms with Gasteiger partial charge in [0.05, 0.1) is 85.1 Å². The molecule has 9 N–H and O–H groups in total. The third-order valence-electron chi connectivity index (χ3n) is 13.4. The van der Waals surface area contributed by atoms with Gasteiger partial charge < -0.3 is 61.0 Å². The van der Waals surface area contributed by atoms with E-state index in [1.165, 1.54) is 40.1 Å². The van der Waals surface area contributed by atoms with Gasteiger partial charge in [-0.2, -0.15) is 0 Å². The molecule has 0 atom stereocenters. The number of anilines is 2. The molecule has 2 aliphatic heterocycles. The van der Waals surface area contributed by atoms with Crippen LogP contribution in [0.5, 0.6) is 0 Å². The smallest absolute Gasteiger partial charge is 0.870 e. The predicted octanol–water partition coefficient (Wildman–Crippen LogP) is 10.7. The SMILES string of the molecule is C.CCOC(=O)c1ccc2nc(-c3ccc(Cl)s3)[nH]c2c1.CO.NCc1ccc(N2CCOCC2=O)cc1.O=C(NCc1ccc(N2CCCCC2=O)cc1)c1ccc2nc(-c3ccc(Cl)s3)[nH]c2c1.O=C(O)c1ccc2nc(-c3ccc(Cl)s3)[nH]c2c1.[Na+].[OH-]. The van der Waals surface area contributed by atoms with Crippen molar-refractivity contribution < 1.29 is 78.7 Å². The Bertz CT molecular complexity index is 4210. The number of ether oxygens (including phenoxy) is 2. The minimum Gasteiger partial charge on any atom is -0.870 e. The van der Waals surface area contributed by atoms with E-state index in [1.807, 2.05) is 89.8 Å². The van der Waals surface area contributed by atoms with Gasteiger partial charge >= 0.3 is 41.5 Å². The van der Waals surface area contributed by atoms with E-state index in [0.29, 0.717) is 74.7 Å². The zero-order valence-electron chi connectivity index (χ0n) is 48.2. The second-order valence-electron chi connectivity index (χ2n) is 19.1. The fourth-order valence-electron chi connectivity index (χ4n) is 9.08. The van der Waals surface area contributed by atoms with Crippen molar-refractivity contribution in [3.63, 3.8) is 0 Å². The minimum absolute atomic E-state index is 0. The number of hydrogen-bond acceptors (Lipinski definition) is 16.